The molecule has 29 heavy (non-hydrogen) atoms. The van der Waals surface area contributed by atoms with Crippen LogP contribution in [0.1, 0.15) is 27.7 Å². The molecule has 2 aliphatic heterocycles. The molecule has 0 saturated carbocycles. The van der Waals surface area contributed by atoms with Crippen molar-refractivity contribution in [3.8, 4) is 17.2 Å². The summed E-state index contributed by atoms with van der Waals surface area (Å²) in [5.74, 6) is 2.16. The first-order valence-electron chi connectivity index (χ1n) is 9.42. The zero-order valence-corrected chi connectivity index (χ0v) is 15.9. The Labute approximate surface area is 168 Å². The van der Waals surface area contributed by atoms with Crippen molar-refractivity contribution in [2.24, 2.45) is 0 Å². The largest absolute Gasteiger partial charge is 0.495 e. The number of carbonyl (C=O) groups is 1. The van der Waals surface area contributed by atoms with E-state index in [1.807, 2.05) is 71.6 Å². The standard InChI is InChI=1S/C23H20N2O4/c1-27-19-9-5-4-8-18(19)24-22-16-6-2-3-7-17(16)23(26)25(22)13-15-10-11-20-21(12-15)29-14-28-20/h2-12,22,24H,13-14H2,1H3. The lowest BCUT2D eigenvalue weighted by Gasteiger charge is -2.28. The predicted octanol–water partition coefficient (Wildman–Crippen LogP) is 4.19. The van der Waals surface area contributed by atoms with Gasteiger partial charge in [-0.2, -0.15) is 0 Å². The number of rotatable bonds is 5. The van der Waals surface area contributed by atoms with Crippen LogP contribution in [-0.2, 0) is 6.54 Å². The highest BCUT2D eigenvalue weighted by Gasteiger charge is 2.37. The Morgan fingerprint density at radius 1 is 1.03 bits per heavy atom. The van der Waals surface area contributed by atoms with Crippen LogP contribution in [0, 0.1) is 0 Å². The average molecular weight is 388 g/mol. The third-order valence-electron chi connectivity index (χ3n) is 5.25. The van der Waals surface area contributed by atoms with Crippen molar-refractivity contribution >= 4 is 11.6 Å². The van der Waals surface area contributed by atoms with Gasteiger partial charge in [0.1, 0.15) is 11.9 Å². The quantitative estimate of drug-likeness (QED) is 0.710. The minimum Gasteiger partial charge on any atom is -0.495 e. The molecule has 3 aromatic rings. The first-order chi connectivity index (χ1) is 14.2. The molecule has 1 amide bonds. The van der Waals surface area contributed by atoms with Gasteiger partial charge in [0.2, 0.25) is 6.79 Å². The van der Waals surface area contributed by atoms with E-state index in [1.54, 1.807) is 7.11 Å². The number of fused-ring (bicyclic) bond motifs is 2. The molecular weight excluding hydrogens is 368 g/mol. The maximum absolute atomic E-state index is 13.2. The van der Waals surface area contributed by atoms with Gasteiger partial charge in [0.15, 0.2) is 11.5 Å². The van der Waals surface area contributed by atoms with E-state index in [0.717, 1.165) is 28.3 Å². The maximum atomic E-state index is 13.2. The van der Waals surface area contributed by atoms with E-state index in [4.69, 9.17) is 14.2 Å². The zero-order valence-electron chi connectivity index (χ0n) is 15.9. The minimum atomic E-state index is -0.305. The second-order valence-corrected chi connectivity index (χ2v) is 6.96. The number of hydrogen-bond acceptors (Lipinski definition) is 5. The van der Waals surface area contributed by atoms with Crippen molar-refractivity contribution in [3.05, 3.63) is 83.4 Å². The van der Waals surface area contributed by atoms with Crippen LogP contribution in [0.25, 0.3) is 0 Å². The summed E-state index contributed by atoms with van der Waals surface area (Å²) in [7, 11) is 1.64. The summed E-state index contributed by atoms with van der Waals surface area (Å²) >= 11 is 0. The first-order valence-corrected chi connectivity index (χ1v) is 9.42. The van der Waals surface area contributed by atoms with Crippen LogP contribution in [0.2, 0.25) is 0 Å². The molecule has 1 N–H and O–H groups in total. The third kappa shape index (κ3) is 3.02. The van der Waals surface area contributed by atoms with Gasteiger partial charge < -0.3 is 24.4 Å². The topological polar surface area (TPSA) is 60.0 Å². The summed E-state index contributed by atoms with van der Waals surface area (Å²) in [6.07, 6.45) is -0.305. The van der Waals surface area contributed by atoms with Crippen molar-refractivity contribution in [1.29, 1.82) is 0 Å². The molecule has 2 heterocycles. The lowest BCUT2D eigenvalue weighted by molar-refractivity contribution is 0.0728. The fourth-order valence-electron chi connectivity index (χ4n) is 3.84. The van der Waals surface area contributed by atoms with E-state index in [1.165, 1.54) is 0 Å². The number of methoxy groups -OCH3 is 1. The fraction of sp³-hybridized carbons (Fsp3) is 0.174. The van der Waals surface area contributed by atoms with Crippen molar-refractivity contribution in [2.75, 3.05) is 19.2 Å². The highest BCUT2D eigenvalue weighted by atomic mass is 16.7. The number of para-hydroxylation sites is 2. The lowest BCUT2D eigenvalue weighted by atomic mass is 10.1. The molecule has 6 nitrogen and oxygen atoms in total. The molecule has 0 bridgehead atoms. The zero-order chi connectivity index (χ0) is 19.8. The molecule has 0 radical (unpaired) electrons. The number of amides is 1. The van der Waals surface area contributed by atoms with Gasteiger partial charge in [0.25, 0.3) is 5.91 Å². The summed E-state index contributed by atoms with van der Waals surface area (Å²) < 4.78 is 16.4. The smallest absolute Gasteiger partial charge is 0.256 e. The molecule has 5 rings (SSSR count). The number of benzene rings is 3. The molecule has 0 saturated heterocycles. The fourth-order valence-corrected chi connectivity index (χ4v) is 3.84. The molecule has 3 aromatic carbocycles. The van der Waals surface area contributed by atoms with Gasteiger partial charge in [-0.05, 0) is 35.9 Å². The van der Waals surface area contributed by atoms with E-state index in [9.17, 15) is 4.79 Å². The summed E-state index contributed by atoms with van der Waals surface area (Å²) in [4.78, 5) is 15.0. The van der Waals surface area contributed by atoms with Crippen molar-refractivity contribution in [1.82, 2.24) is 4.90 Å². The minimum absolute atomic E-state index is 0.00864. The van der Waals surface area contributed by atoms with E-state index in [2.05, 4.69) is 5.32 Å². The second-order valence-electron chi connectivity index (χ2n) is 6.96. The van der Waals surface area contributed by atoms with Crippen LogP contribution in [0.4, 0.5) is 5.69 Å². The SMILES string of the molecule is COc1ccccc1NC1c2ccccc2C(=O)N1Cc1ccc2c(c1)OCO2. The number of hydrogen-bond donors (Lipinski definition) is 1. The Kier molecular flexibility index (Phi) is 4.24. The molecule has 1 atom stereocenters. The van der Waals surface area contributed by atoms with E-state index < -0.39 is 0 Å². The monoisotopic (exact) mass is 388 g/mol. The molecule has 0 fully saturated rings. The molecule has 6 heteroatoms. The van der Waals surface area contributed by atoms with Gasteiger partial charge in [0.05, 0.1) is 12.8 Å². The van der Waals surface area contributed by atoms with Crippen molar-refractivity contribution < 1.29 is 19.0 Å². The number of nitrogens with zero attached hydrogens (tertiary/aromatic N) is 1. The van der Waals surface area contributed by atoms with Gasteiger partial charge in [-0.1, -0.05) is 36.4 Å². The van der Waals surface area contributed by atoms with Gasteiger partial charge in [-0.25, -0.2) is 0 Å². The Bertz CT molecular complexity index is 1080. The Morgan fingerprint density at radius 2 is 1.83 bits per heavy atom. The lowest BCUT2D eigenvalue weighted by Crippen LogP contribution is -2.32. The Balaban J connectivity index is 1.50. The third-order valence-corrected chi connectivity index (χ3v) is 5.25. The van der Waals surface area contributed by atoms with Gasteiger partial charge in [-0.3, -0.25) is 4.79 Å². The van der Waals surface area contributed by atoms with Gasteiger partial charge >= 0.3 is 0 Å². The first kappa shape index (κ1) is 17.4. The Morgan fingerprint density at radius 3 is 2.72 bits per heavy atom. The van der Waals surface area contributed by atoms with Crippen LogP contribution >= 0.6 is 0 Å². The molecular formula is C23H20N2O4. The average Bonchev–Trinajstić information content (AvgIpc) is 3.33. The molecule has 0 spiro atoms. The molecule has 0 aliphatic carbocycles. The summed E-state index contributed by atoms with van der Waals surface area (Å²) in [6.45, 7) is 0.668. The summed E-state index contributed by atoms with van der Waals surface area (Å²) in [5.41, 5.74) is 3.47. The predicted molar refractivity (Wildman–Crippen MR) is 108 cm³/mol. The molecule has 0 aromatic heterocycles. The molecule has 146 valence electrons. The highest BCUT2D eigenvalue weighted by molar-refractivity contribution is 5.99. The van der Waals surface area contributed by atoms with Crippen molar-refractivity contribution in [2.45, 2.75) is 12.7 Å². The van der Waals surface area contributed by atoms with Crippen LogP contribution in [-0.4, -0.2) is 24.7 Å². The van der Waals surface area contributed by atoms with Crippen LogP contribution in [0.15, 0.2) is 66.7 Å². The van der Waals surface area contributed by atoms with Crippen LogP contribution < -0.4 is 19.5 Å². The van der Waals surface area contributed by atoms with Crippen molar-refractivity contribution in [3.63, 3.8) is 0 Å². The number of anilines is 1. The van der Waals surface area contributed by atoms with Crippen LogP contribution in [0.5, 0.6) is 17.2 Å². The van der Waals surface area contributed by atoms with Gasteiger partial charge in [-0.15, -0.1) is 0 Å². The highest BCUT2D eigenvalue weighted by Crippen LogP contribution is 2.39. The summed E-state index contributed by atoms with van der Waals surface area (Å²) in [6, 6.07) is 21.2. The normalized spacial score (nSPS) is 16.7. The molecule has 2 aliphatic rings. The van der Waals surface area contributed by atoms with E-state index in [0.29, 0.717) is 17.9 Å². The van der Waals surface area contributed by atoms with Crippen LogP contribution in [0.3, 0.4) is 0 Å². The number of carbonyl (C=O) groups excluding carboxylic acids is 1. The second kappa shape index (κ2) is 7.05. The molecule has 1 unspecified atom stereocenters. The number of nitrogens with one attached hydrogen (secondary N) is 1. The Hall–Kier alpha value is -3.67. The summed E-state index contributed by atoms with van der Waals surface area (Å²) in [5, 5.41) is 3.49. The van der Waals surface area contributed by atoms with E-state index >= 15 is 0 Å². The number of ether oxygens (including phenoxy) is 3. The maximum Gasteiger partial charge on any atom is 0.256 e. The van der Waals surface area contributed by atoms with Gasteiger partial charge in [0, 0.05) is 17.7 Å². The van der Waals surface area contributed by atoms with E-state index in [-0.39, 0.29) is 18.9 Å².